The average Bonchev–Trinajstić information content (AvgIpc) is 3.38. The van der Waals surface area contributed by atoms with Crippen LogP contribution in [0.5, 0.6) is 0 Å². The van der Waals surface area contributed by atoms with Gasteiger partial charge in [0, 0.05) is 29.1 Å². The Labute approximate surface area is 136 Å². The second kappa shape index (κ2) is 5.93. The summed E-state index contributed by atoms with van der Waals surface area (Å²) in [5, 5.41) is 7.62. The Kier molecular flexibility index (Phi) is 3.77. The van der Waals surface area contributed by atoms with Gasteiger partial charge in [-0.15, -0.1) is 0 Å². The number of carbonyl (C=O) groups excluding carboxylic acids is 1. The summed E-state index contributed by atoms with van der Waals surface area (Å²) in [5.41, 5.74) is 2.79. The number of nitrogens with one attached hydrogen (secondary N) is 2. The first-order valence-corrected chi connectivity index (χ1v) is 8.64. The van der Waals surface area contributed by atoms with Crippen molar-refractivity contribution < 1.29 is 4.79 Å². The monoisotopic (exact) mass is 309 g/mol. The summed E-state index contributed by atoms with van der Waals surface area (Å²) in [7, 11) is 0. The number of amides is 1. The van der Waals surface area contributed by atoms with Gasteiger partial charge in [0.05, 0.1) is 11.1 Å². The molecule has 1 aliphatic heterocycles. The van der Waals surface area contributed by atoms with Gasteiger partial charge in [0.25, 0.3) is 5.91 Å². The van der Waals surface area contributed by atoms with Gasteiger partial charge in [0.1, 0.15) is 0 Å². The predicted molar refractivity (Wildman–Crippen MR) is 91.7 cm³/mol. The quantitative estimate of drug-likeness (QED) is 0.916. The number of benzene rings is 1. The number of carbonyl (C=O) groups is 1. The minimum atomic E-state index is 0.0459. The van der Waals surface area contributed by atoms with E-state index in [2.05, 4.69) is 17.6 Å². The normalized spacial score (nSPS) is 24.6. The molecule has 120 valence electrons. The van der Waals surface area contributed by atoms with E-state index < -0.39 is 0 Å². The number of para-hydroxylation sites is 1. The molecule has 1 saturated carbocycles. The fourth-order valence-corrected chi connectivity index (χ4v) is 3.50. The molecule has 1 aromatic heterocycles. The van der Waals surface area contributed by atoms with Gasteiger partial charge in [-0.3, -0.25) is 9.78 Å². The number of hydrogen-bond acceptors (Lipinski definition) is 3. The lowest BCUT2D eigenvalue weighted by molar-refractivity contribution is 0.0927. The van der Waals surface area contributed by atoms with Gasteiger partial charge in [-0.05, 0) is 51.3 Å². The third kappa shape index (κ3) is 3.08. The maximum atomic E-state index is 12.9. The zero-order valence-electron chi connectivity index (χ0n) is 13.5. The van der Waals surface area contributed by atoms with Crippen molar-refractivity contribution in [2.45, 2.75) is 50.6 Å². The van der Waals surface area contributed by atoms with Crippen molar-refractivity contribution in [3.05, 3.63) is 41.6 Å². The van der Waals surface area contributed by atoms with E-state index in [1.54, 1.807) is 0 Å². The number of aromatic nitrogens is 1. The highest BCUT2D eigenvalue weighted by atomic mass is 16.1. The minimum Gasteiger partial charge on any atom is -0.349 e. The number of fused-ring (bicyclic) bond motifs is 1. The van der Waals surface area contributed by atoms with Gasteiger partial charge in [-0.2, -0.15) is 0 Å². The first-order chi connectivity index (χ1) is 11.2. The molecular formula is C19H23N3O. The van der Waals surface area contributed by atoms with Gasteiger partial charge in [-0.1, -0.05) is 18.2 Å². The van der Waals surface area contributed by atoms with Crippen LogP contribution >= 0.6 is 0 Å². The van der Waals surface area contributed by atoms with Crippen molar-refractivity contribution in [3.63, 3.8) is 0 Å². The molecule has 4 heteroatoms. The zero-order chi connectivity index (χ0) is 15.8. The van der Waals surface area contributed by atoms with Crippen LogP contribution in [0.25, 0.3) is 10.9 Å². The van der Waals surface area contributed by atoms with Crippen molar-refractivity contribution in [2.24, 2.45) is 0 Å². The molecule has 1 amide bonds. The van der Waals surface area contributed by atoms with Crippen molar-refractivity contribution in [3.8, 4) is 0 Å². The summed E-state index contributed by atoms with van der Waals surface area (Å²) in [6.07, 6.45) is 4.37. The second-order valence-corrected chi connectivity index (χ2v) is 6.94. The second-order valence-electron chi connectivity index (χ2n) is 6.94. The Morgan fingerprint density at radius 1 is 1.26 bits per heavy atom. The first kappa shape index (κ1) is 14.6. The standard InChI is InChI=1S/C19H23N3O/c1-12-10-14(8-9-20-12)21-19(23)16-11-18(13-6-7-13)22-17-5-3-2-4-15(16)17/h2-5,11-14,20H,6-10H2,1H3,(H,21,23). The summed E-state index contributed by atoms with van der Waals surface area (Å²) in [6.45, 7) is 3.14. The highest BCUT2D eigenvalue weighted by molar-refractivity contribution is 6.06. The molecule has 2 unspecified atom stereocenters. The Morgan fingerprint density at radius 3 is 2.87 bits per heavy atom. The highest BCUT2D eigenvalue weighted by Gasteiger charge is 2.27. The van der Waals surface area contributed by atoms with Gasteiger partial charge in [-0.25, -0.2) is 0 Å². The smallest absolute Gasteiger partial charge is 0.252 e. The fourth-order valence-electron chi connectivity index (χ4n) is 3.50. The van der Waals surface area contributed by atoms with E-state index in [-0.39, 0.29) is 11.9 Å². The van der Waals surface area contributed by atoms with Crippen molar-refractivity contribution >= 4 is 16.8 Å². The van der Waals surface area contributed by atoms with E-state index in [4.69, 9.17) is 4.98 Å². The molecule has 2 aliphatic rings. The molecule has 1 aromatic carbocycles. The van der Waals surface area contributed by atoms with Gasteiger partial charge in [0.2, 0.25) is 0 Å². The largest absolute Gasteiger partial charge is 0.349 e. The maximum Gasteiger partial charge on any atom is 0.252 e. The lowest BCUT2D eigenvalue weighted by Gasteiger charge is -2.28. The topological polar surface area (TPSA) is 54.0 Å². The molecule has 2 N–H and O–H groups in total. The van der Waals surface area contributed by atoms with Crippen LogP contribution in [0.4, 0.5) is 0 Å². The van der Waals surface area contributed by atoms with Crippen molar-refractivity contribution in [1.82, 2.24) is 15.6 Å². The summed E-state index contributed by atoms with van der Waals surface area (Å²) >= 11 is 0. The van der Waals surface area contributed by atoms with Gasteiger partial charge >= 0.3 is 0 Å². The molecular weight excluding hydrogens is 286 g/mol. The van der Waals surface area contributed by atoms with Crippen LogP contribution in [0.3, 0.4) is 0 Å². The van der Waals surface area contributed by atoms with Crippen molar-refractivity contribution in [1.29, 1.82) is 0 Å². The third-order valence-corrected chi connectivity index (χ3v) is 4.94. The van der Waals surface area contributed by atoms with E-state index >= 15 is 0 Å². The molecule has 23 heavy (non-hydrogen) atoms. The van der Waals surface area contributed by atoms with Crippen LogP contribution in [-0.2, 0) is 0 Å². The molecule has 1 aliphatic carbocycles. The SMILES string of the molecule is CC1CC(NC(=O)c2cc(C3CC3)nc3ccccc23)CCN1. The van der Waals surface area contributed by atoms with E-state index in [1.807, 2.05) is 30.3 Å². The zero-order valence-corrected chi connectivity index (χ0v) is 13.5. The van der Waals surface area contributed by atoms with Crippen LogP contribution in [0.1, 0.15) is 54.6 Å². The molecule has 2 aromatic rings. The molecule has 0 radical (unpaired) electrons. The average molecular weight is 309 g/mol. The van der Waals surface area contributed by atoms with E-state index in [0.717, 1.165) is 41.5 Å². The number of nitrogens with zero attached hydrogens (tertiary/aromatic N) is 1. The molecule has 0 spiro atoms. The maximum absolute atomic E-state index is 12.9. The highest BCUT2D eigenvalue weighted by Crippen LogP contribution is 2.40. The van der Waals surface area contributed by atoms with Crippen LogP contribution < -0.4 is 10.6 Å². The first-order valence-electron chi connectivity index (χ1n) is 8.64. The summed E-state index contributed by atoms with van der Waals surface area (Å²) in [5.74, 6) is 0.592. The Balaban J connectivity index is 1.65. The Morgan fingerprint density at radius 2 is 2.09 bits per heavy atom. The number of pyridine rings is 1. The lowest BCUT2D eigenvalue weighted by Crippen LogP contribution is -2.46. The fraction of sp³-hybridized carbons (Fsp3) is 0.474. The summed E-state index contributed by atoms with van der Waals surface area (Å²) in [4.78, 5) is 17.6. The number of piperidine rings is 1. The van der Waals surface area contributed by atoms with Crippen LogP contribution in [-0.4, -0.2) is 29.5 Å². The third-order valence-electron chi connectivity index (χ3n) is 4.94. The molecule has 0 bridgehead atoms. The van der Waals surface area contributed by atoms with Crippen molar-refractivity contribution in [2.75, 3.05) is 6.54 Å². The molecule has 1 saturated heterocycles. The number of hydrogen-bond donors (Lipinski definition) is 2. The molecule has 4 nitrogen and oxygen atoms in total. The van der Waals surface area contributed by atoms with Crippen LogP contribution in [0.2, 0.25) is 0 Å². The van der Waals surface area contributed by atoms with E-state index in [9.17, 15) is 4.79 Å². The van der Waals surface area contributed by atoms with Gasteiger partial charge in [0.15, 0.2) is 0 Å². The minimum absolute atomic E-state index is 0.0459. The van der Waals surface area contributed by atoms with Crippen LogP contribution in [0, 0.1) is 0 Å². The van der Waals surface area contributed by atoms with Gasteiger partial charge < -0.3 is 10.6 Å². The lowest BCUT2D eigenvalue weighted by atomic mass is 9.99. The molecule has 4 rings (SSSR count). The Hall–Kier alpha value is -1.94. The van der Waals surface area contributed by atoms with E-state index in [0.29, 0.717) is 12.0 Å². The summed E-state index contributed by atoms with van der Waals surface area (Å²) in [6, 6.07) is 10.7. The molecule has 2 atom stereocenters. The Bertz CT molecular complexity index is 738. The number of rotatable bonds is 3. The predicted octanol–water partition coefficient (Wildman–Crippen LogP) is 2.98. The van der Waals surface area contributed by atoms with Crippen LogP contribution in [0.15, 0.2) is 30.3 Å². The summed E-state index contributed by atoms with van der Waals surface area (Å²) < 4.78 is 0. The molecule has 2 fully saturated rings. The molecule has 2 heterocycles. The van der Waals surface area contributed by atoms with E-state index in [1.165, 1.54) is 12.8 Å².